The molecule has 3 aliphatic rings. The van der Waals surface area contributed by atoms with Crippen molar-refractivity contribution in [3.05, 3.63) is 18.1 Å². The molecule has 1 aromatic rings. The molecular formula is C18H27N3O. The van der Waals surface area contributed by atoms with E-state index in [4.69, 9.17) is 9.72 Å². The van der Waals surface area contributed by atoms with Gasteiger partial charge in [-0.3, -0.25) is 0 Å². The molecule has 0 amide bonds. The molecule has 0 aliphatic heterocycles. The largest absolute Gasteiger partial charge is 0.378 e. The molecule has 2 atom stereocenters. The summed E-state index contributed by atoms with van der Waals surface area (Å²) in [5, 5.41) is 0. The Balaban J connectivity index is 1.54. The Bertz CT molecular complexity index is 537. The number of aromatic nitrogens is 2. The Kier molecular flexibility index (Phi) is 3.60. The number of ether oxygens (including phenoxy) is 1. The van der Waals surface area contributed by atoms with Crippen molar-refractivity contribution in [2.24, 2.45) is 5.41 Å². The van der Waals surface area contributed by atoms with Crippen LogP contribution in [0.25, 0.3) is 0 Å². The standard InChI is InChI=1S/C18H27N3O/c1-3-22-15-12-14(18(15)9-4-5-10-18)21(2)16-8-11-19-17(20-16)13-6-7-13/h8,11,13-15H,3-7,9-10,12H2,1-2H3. The zero-order valence-electron chi connectivity index (χ0n) is 13.8. The second kappa shape index (κ2) is 5.48. The predicted octanol–water partition coefficient (Wildman–Crippen LogP) is 3.53. The maximum absolute atomic E-state index is 6.04. The first-order chi connectivity index (χ1) is 10.7. The van der Waals surface area contributed by atoms with Crippen LogP contribution in [0.15, 0.2) is 12.3 Å². The number of rotatable bonds is 5. The first-order valence-electron chi connectivity index (χ1n) is 8.92. The van der Waals surface area contributed by atoms with Crippen LogP contribution in [0.4, 0.5) is 5.82 Å². The molecule has 0 saturated heterocycles. The average molecular weight is 301 g/mol. The second-order valence-corrected chi connectivity index (χ2v) is 7.29. The SMILES string of the molecule is CCOC1CC(N(C)c2ccnc(C3CC3)n2)C12CCCC2. The van der Waals surface area contributed by atoms with E-state index in [2.05, 4.69) is 29.9 Å². The van der Waals surface area contributed by atoms with Gasteiger partial charge in [-0.1, -0.05) is 12.8 Å². The average Bonchev–Trinajstić information content (AvgIpc) is 3.26. The lowest BCUT2D eigenvalue weighted by Gasteiger charge is -2.57. The molecule has 120 valence electrons. The molecule has 0 bridgehead atoms. The lowest BCUT2D eigenvalue weighted by molar-refractivity contribution is -0.121. The van der Waals surface area contributed by atoms with Crippen molar-refractivity contribution in [3.8, 4) is 0 Å². The molecule has 3 saturated carbocycles. The first kappa shape index (κ1) is 14.4. The molecule has 0 aromatic carbocycles. The Morgan fingerprint density at radius 1 is 1.32 bits per heavy atom. The van der Waals surface area contributed by atoms with Crippen LogP contribution < -0.4 is 4.90 Å². The third-order valence-corrected chi connectivity index (χ3v) is 6.08. The van der Waals surface area contributed by atoms with Crippen LogP contribution in [-0.4, -0.2) is 35.8 Å². The van der Waals surface area contributed by atoms with E-state index in [0.717, 1.165) is 24.7 Å². The van der Waals surface area contributed by atoms with Gasteiger partial charge < -0.3 is 9.64 Å². The lowest BCUT2D eigenvalue weighted by atomic mass is 9.60. The Morgan fingerprint density at radius 2 is 2.09 bits per heavy atom. The summed E-state index contributed by atoms with van der Waals surface area (Å²) < 4.78 is 6.04. The van der Waals surface area contributed by atoms with Crippen molar-refractivity contribution in [2.75, 3.05) is 18.6 Å². The smallest absolute Gasteiger partial charge is 0.133 e. The minimum absolute atomic E-state index is 0.370. The molecule has 1 heterocycles. The highest BCUT2D eigenvalue weighted by atomic mass is 16.5. The molecule has 4 rings (SSSR count). The van der Waals surface area contributed by atoms with E-state index in [9.17, 15) is 0 Å². The van der Waals surface area contributed by atoms with E-state index < -0.39 is 0 Å². The summed E-state index contributed by atoms with van der Waals surface area (Å²) in [5.41, 5.74) is 0.370. The van der Waals surface area contributed by atoms with Gasteiger partial charge >= 0.3 is 0 Å². The third kappa shape index (κ3) is 2.23. The van der Waals surface area contributed by atoms with Crippen LogP contribution in [-0.2, 0) is 4.74 Å². The normalized spacial score (nSPS) is 29.5. The zero-order valence-corrected chi connectivity index (χ0v) is 13.8. The zero-order chi connectivity index (χ0) is 15.2. The molecule has 0 N–H and O–H groups in total. The number of hydrogen-bond acceptors (Lipinski definition) is 4. The minimum Gasteiger partial charge on any atom is -0.378 e. The van der Waals surface area contributed by atoms with Crippen molar-refractivity contribution in [3.63, 3.8) is 0 Å². The molecule has 4 heteroatoms. The molecule has 22 heavy (non-hydrogen) atoms. The Labute approximate surface area is 133 Å². The Morgan fingerprint density at radius 3 is 2.77 bits per heavy atom. The van der Waals surface area contributed by atoms with Gasteiger partial charge in [-0.25, -0.2) is 9.97 Å². The van der Waals surface area contributed by atoms with Crippen molar-refractivity contribution in [2.45, 2.75) is 69.9 Å². The van der Waals surface area contributed by atoms with E-state index in [1.54, 1.807) is 0 Å². The lowest BCUT2D eigenvalue weighted by Crippen LogP contribution is -2.63. The molecule has 1 aromatic heterocycles. The molecule has 1 spiro atoms. The maximum Gasteiger partial charge on any atom is 0.133 e. The van der Waals surface area contributed by atoms with Crippen LogP contribution in [0.5, 0.6) is 0 Å². The van der Waals surface area contributed by atoms with E-state index >= 15 is 0 Å². The van der Waals surface area contributed by atoms with Gasteiger partial charge in [-0.15, -0.1) is 0 Å². The van der Waals surface area contributed by atoms with Gasteiger partial charge in [0.05, 0.1) is 6.10 Å². The third-order valence-electron chi connectivity index (χ3n) is 6.08. The second-order valence-electron chi connectivity index (χ2n) is 7.29. The minimum atomic E-state index is 0.370. The molecule has 0 radical (unpaired) electrons. The quantitative estimate of drug-likeness (QED) is 0.834. The summed E-state index contributed by atoms with van der Waals surface area (Å²) >= 11 is 0. The summed E-state index contributed by atoms with van der Waals surface area (Å²) in [7, 11) is 2.21. The topological polar surface area (TPSA) is 38.2 Å². The van der Waals surface area contributed by atoms with Crippen LogP contribution >= 0.6 is 0 Å². The van der Waals surface area contributed by atoms with Gasteiger partial charge in [0.25, 0.3) is 0 Å². The molecule has 2 unspecified atom stereocenters. The van der Waals surface area contributed by atoms with Crippen LogP contribution in [0.1, 0.15) is 63.6 Å². The van der Waals surface area contributed by atoms with Crippen molar-refractivity contribution in [1.29, 1.82) is 0 Å². The van der Waals surface area contributed by atoms with E-state index in [0.29, 0.717) is 23.5 Å². The van der Waals surface area contributed by atoms with Crippen LogP contribution in [0.2, 0.25) is 0 Å². The highest BCUT2D eigenvalue weighted by Gasteiger charge is 2.58. The van der Waals surface area contributed by atoms with Gasteiger partial charge in [0.1, 0.15) is 11.6 Å². The summed E-state index contributed by atoms with van der Waals surface area (Å²) in [5.74, 6) is 2.76. The van der Waals surface area contributed by atoms with Crippen molar-refractivity contribution in [1.82, 2.24) is 9.97 Å². The fraction of sp³-hybridized carbons (Fsp3) is 0.778. The molecular weight excluding hydrogens is 274 g/mol. The number of hydrogen-bond donors (Lipinski definition) is 0. The summed E-state index contributed by atoms with van der Waals surface area (Å²) in [4.78, 5) is 11.7. The summed E-state index contributed by atoms with van der Waals surface area (Å²) in [6.07, 6.45) is 11.4. The summed E-state index contributed by atoms with van der Waals surface area (Å²) in [6, 6.07) is 2.65. The van der Waals surface area contributed by atoms with Gasteiger partial charge in [-0.2, -0.15) is 0 Å². The van der Waals surface area contributed by atoms with Crippen molar-refractivity contribution < 1.29 is 4.74 Å². The van der Waals surface area contributed by atoms with Gasteiger partial charge in [-0.05, 0) is 45.1 Å². The van der Waals surface area contributed by atoms with Crippen molar-refractivity contribution >= 4 is 5.82 Å². The van der Waals surface area contributed by atoms with Gasteiger partial charge in [0.2, 0.25) is 0 Å². The summed E-state index contributed by atoms with van der Waals surface area (Å²) in [6.45, 7) is 2.95. The highest BCUT2D eigenvalue weighted by molar-refractivity contribution is 5.41. The van der Waals surface area contributed by atoms with E-state index in [-0.39, 0.29) is 0 Å². The highest BCUT2D eigenvalue weighted by Crippen LogP contribution is 2.56. The monoisotopic (exact) mass is 301 g/mol. The first-order valence-corrected chi connectivity index (χ1v) is 8.92. The van der Waals surface area contributed by atoms with Gasteiger partial charge in [0.15, 0.2) is 0 Å². The molecule has 3 aliphatic carbocycles. The number of anilines is 1. The van der Waals surface area contributed by atoms with E-state index in [1.165, 1.54) is 38.5 Å². The number of nitrogens with zero attached hydrogens (tertiary/aromatic N) is 3. The molecule has 3 fully saturated rings. The maximum atomic E-state index is 6.04. The fourth-order valence-corrected chi connectivity index (χ4v) is 4.65. The van der Waals surface area contributed by atoms with Crippen LogP contribution in [0, 0.1) is 5.41 Å². The van der Waals surface area contributed by atoms with Gasteiger partial charge in [0, 0.05) is 37.2 Å². The van der Waals surface area contributed by atoms with E-state index in [1.807, 2.05) is 6.20 Å². The molecule has 4 nitrogen and oxygen atoms in total. The fourth-order valence-electron chi connectivity index (χ4n) is 4.65. The van der Waals surface area contributed by atoms with Crippen LogP contribution in [0.3, 0.4) is 0 Å². The predicted molar refractivity (Wildman–Crippen MR) is 87.1 cm³/mol. The Hall–Kier alpha value is -1.16.